The van der Waals surface area contributed by atoms with E-state index in [4.69, 9.17) is 11.6 Å². The Balaban J connectivity index is 1.71. The number of ether oxygens (including phenoxy) is 1. The van der Waals surface area contributed by atoms with Crippen LogP contribution >= 0.6 is 22.9 Å². The average molecular weight is 399 g/mol. The number of carbonyl (C=O) groups excluding carboxylic acids is 1. The van der Waals surface area contributed by atoms with Gasteiger partial charge < -0.3 is 4.74 Å². The number of benzene rings is 1. The summed E-state index contributed by atoms with van der Waals surface area (Å²) >= 11 is 7.24. The minimum absolute atomic E-state index is 0.0636. The van der Waals surface area contributed by atoms with Crippen molar-refractivity contribution in [2.45, 2.75) is 20.1 Å². The fourth-order valence-corrected chi connectivity index (χ4v) is 3.09. The molecule has 3 rings (SSSR count). The molecule has 2 heterocycles. The largest absolute Gasteiger partial charge is 0.435 e. The zero-order chi connectivity index (χ0) is 18.7. The number of hydrogen-bond donors (Lipinski definition) is 1. The first-order chi connectivity index (χ1) is 12.5. The van der Waals surface area contributed by atoms with E-state index in [2.05, 4.69) is 20.1 Å². The van der Waals surface area contributed by atoms with Crippen molar-refractivity contribution in [1.82, 2.24) is 14.8 Å². The molecule has 6 nitrogen and oxygen atoms in total. The number of aryl methyl sites for hydroxylation is 1. The van der Waals surface area contributed by atoms with E-state index in [1.807, 2.05) is 6.92 Å². The molecule has 0 unspecified atom stereocenters. The molecule has 26 heavy (non-hydrogen) atoms. The Hall–Kier alpha value is -2.52. The number of aromatic nitrogens is 3. The van der Waals surface area contributed by atoms with Crippen molar-refractivity contribution in [3.05, 3.63) is 46.6 Å². The van der Waals surface area contributed by atoms with E-state index in [1.54, 1.807) is 28.4 Å². The Labute approximate surface area is 156 Å². The molecule has 0 saturated heterocycles. The minimum Gasteiger partial charge on any atom is -0.435 e. The van der Waals surface area contributed by atoms with Crippen LogP contribution in [0.25, 0.3) is 11.3 Å². The van der Waals surface area contributed by atoms with Gasteiger partial charge in [-0.25, -0.2) is 4.98 Å². The van der Waals surface area contributed by atoms with Crippen LogP contribution in [0.4, 0.5) is 13.9 Å². The maximum absolute atomic E-state index is 12.3. The van der Waals surface area contributed by atoms with Gasteiger partial charge in [0.25, 0.3) is 5.91 Å². The number of amides is 1. The molecule has 3 aromatic rings. The Kier molecular flexibility index (Phi) is 5.48. The van der Waals surface area contributed by atoms with Gasteiger partial charge >= 0.3 is 6.61 Å². The third-order valence-corrected chi connectivity index (χ3v) is 4.39. The molecule has 0 radical (unpaired) electrons. The highest BCUT2D eigenvalue weighted by atomic mass is 35.5. The summed E-state index contributed by atoms with van der Waals surface area (Å²) in [5.41, 5.74) is 1.43. The summed E-state index contributed by atoms with van der Waals surface area (Å²) in [5.74, 6) is -0.391. The Morgan fingerprint density at radius 3 is 2.73 bits per heavy atom. The third-order valence-electron chi connectivity index (χ3n) is 3.36. The lowest BCUT2D eigenvalue weighted by Gasteiger charge is -2.04. The molecule has 0 saturated carbocycles. The SMILES string of the molecule is CCn1cc(Cl)c(C(=O)Nc2nc(-c3ccc(OC(F)F)cc3)cs2)n1. The van der Waals surface area contributed by atoms with Crippen LogP contribution in [0.15, 0.2) is 35.8 Å². The molecule has 1 aromatic carbocycles. The van der Waals surface area contributed by atoms with Crippen molar-refractivity contribution in [2.24, 2.45) is 0 Å². The van der Waals surface area contributed by atoms with Crippen molar-refractivity contribution in [2.75, 3.05) is 5.32 Å². The molecule has 10 heteroatoms. The van der Waals surface area contributed by atoms with Gasteiger partial charge in [-0.3, -0.25) is 14.8 Å². The molecule has 0 aliphatic heterocycles. The summed E-state index contributed by atoms with van der Waals surface area (Å²) in [6.07, 6.45) is 1.58. The van der Waals surface area contributed by atoms with E-state index in [9.17, 15) is 13.6 Å². The molecule has 0 spiro atoms. The van der Waals surface area contributed by atoms with E-state index in [1.165, 1.54) is 23.5 Å². The number of rotatable bonds is 6. The van der Waals surface area contributed by atoms with Crippen LogP contribution in [0.1, 0.15) is 17.4 Å². The van der Waals surface area contributed by atoms with Gasteiger partial charge in [-0.15, -0.1) is 11.3 Å². The number of alkyl halides is 2. The highest BCUT2D eigenvalue weighted by molar-refractivity contribution is 7.14. The predicted octanol–water partition coefficient (Wildman–Crippen LogP) is 4.53. The van der Waals surface area contributed by atoms with E-state index in [0.29, 0.717) is 22.9 Å². The van der Waals surface area contributed by atoms with Gasteiger partial charge in [0.05, 0.1) is 10.7 Å². The zero-order valence-corrected chi connectivity index (χ0v) is 15.0. The maximum atomic E-state index is 12.3. The molecular formula is C16H13ClF2N4O2S. The normalized spacial score (nSPS) is 11.0. The van der Waals surface area contributed by atoms with E-state index >= 15 is 0 Å². The summed E-state index contributed by atoms with van der Waals surface area (Å²) in [5, 5.41) is 9.12. The number of nitrogens with one attached hydrogen (secondary N) is 1. The second-order valence-electron chi connectivity index (χ2n) is 5.08. The Morgan fingerprint density at radius 2 is 2.12 bits per heavy atom. The van der Waals surface area contributed by atoms with Gasteiger partial charge in [0.15, 0.2) is 10.8 Å². The van der Waals surface area contributed by atoms with Crippen molar-refractivity contribution in [3.8, 4) is 17.0 Å². The van der Waals surface area contributed by atoms with Crippen LogP contribution in [0, 0.1) is 0 Å². The Morgan fingerprint density at radius 1 is 1.38 bits per heavy atom. The van der Waals surface area contributed by atoms with Crippen LogP contribution in [-0.4, -0.2) is 27.3 Å². The number of halogens is 3. The second kappa shape index (κ2) is 7.79. The highest BCUT2D eigenvalue weighted by Gasteiger charge is 2.17. The number of nitrogens with zero attached hydrogens (tertiary/aromatic N) is 3. The molecule has 0 aliphatic carbocycles. The van der Waals surface area contributed by atoms with Crippen molar-refractivity contribution >= 4 is 34.0 Å². The molecule has 0 bridgehead atoms. The Bertz CT molecular complexity index is 911. The summed E-state index contributed by atoms with van der Waals surface area (Å²) in [6, 6.07) is 6.07. The third kappa shape index (κ3) is 4.17. The molecule has 2 aromatic heterocycles. The van der Waals surface area contributed by atoms with Crippen LogP contribution in [0.5, 0.6) is 5.75 Å². The summed E-state index contributed by atoms with van der Waals surface area (Å²) < 4.78 is 30.2. The molecule has 1 N–H and O–H groups in total. The number of anilines is 1. The summed E-state index contributed by atoms with van der Waals surface area (Å²) in [7, 11) is 0. The van der Waals surface area contributed by atoms with Crippen LogP contribution in [0.3, 0.4) is 0 Å². The highest BCUT2D eigenvalue weighted by Crippen LogP contribution is 2.27. The minimum atomic E-state index is -2.87. The van der Waals surface area contributed by atoms with Gasteiger partial charge in [-0.2, -0.15) is 13.9 Å². The van der Waals surface area contributed by atoms with Crippen molar-refractivity contribution < 1.29 is 18.3 Å². The second-order valence-corrected chi connectivity index (χ2v) is 6.34. The van der Waals surface area contributed by atoms with Crippen LogP contribution in [-0.2, 0) is 6.54 Å². The first kappa shape index (κ1) is 18.3. The molecule has 0 fully saturated rings. The van der Waals surface area contributed by atoms with Gasteiger partial charge in [0.1, 0.15) is 5.75 Å². The monoisotopic (exact) mass is 398 g/mol. The average Bonchev–Trinajstić information content (AvgIpc) is 3.21. The number of thiazole rings is 1. The van der Waals surface area contributed by atoms with Crippen LogP contribution in [0.2, 0.25) is 5.02 Å². The first-order valence-electron chi connectivity index (χ1n) is 7.51. The summed E-state index contributed by atoms with van der Waals surface area (Å²) in [4.78, 5) is 16.6. The van der Waals surface area contributed by atoms with Gasteiger partial charge in [-0.05, 0) is 31.2 Å². The lowest BCUT2D eigenvalue weighted by molar-refractivity contribution is -0.0498. The van der Waals surface area contributed by atoms with Gasteiger partial charge in [-0.1, -0.05) is 11.6 Å². The summed E-state index contributed by atoms with van der Waals surface area (Å²) in [6.45, 7) is -0.389. The smallest absolute Gasteiger partial charge is 0.387 e. The number of carbonyl (C=O) groups is 1. The van der Waals surface area contributed by atoms with Gasteiger partial charge in [0.2, 0.25) is 0 Å². The lowest BCUT2D eigenvalue weighted by atomic mass is 10.2. The lowest BCUT2D eigenvalue weighted by Crippen LogP contribution is -2.13. The standard InChI is InChI=1S/C16H13ClF2N4O2S/c1-2-23-7-11(17)13(22-23)14(24)21-16-20-12(8-26-16)9-3-5-10(6-4-9)25-15(18)19/h3-8,15H,2H2,1H3,(H,20,21,24). The first-order valence-corrected chi connectivity index (χ1v) is 8.77. The van der Waals surface area contributed by atoms with Crippen LogP contribution < -0.4 is 10.1 Å². The topological polar surface area (TPSA) is 69.0 Å². The zero-order valence-electron chi connectivity index (χ0n) is 13.4. The maximum Gasteiger partial charge on any atom is 0.387 e. The van der Waals surface area contributed by atoms with Crippen molar-refractivity contribution in [3.63, 3.8) is 0 Å². The fraction of sp³-hybridized carbons (Fsp3) is 0.188. The van der Waals surface area contributed by atoms with E-state index in [0.717, 1.165) is 0 Å². The van der Waals surface area contributed by atoms with E-state index in [-0.39, 0.29) is 16.5 Å². The molecule has 1 amide bonds. The molecule has 0 atom stereocenters. The molecule has 0 aliphatic rings. The van der Waals surface area contributed by atoms with Crippen molar-refractivity contribution in [1.29, 1.82) is 0 Å². The fourth-order valence-electron chi connectivity index (χ4n) is 2.14. The number of hydrogen-bond acceptors (Lipinski definition) is 5. The molecule has 136 valence electrons. The predicted molar refractivity (Wildman–Crippen MR) is 95.0 cm³/mol. The van der Waals surface area contributed by atoms with Gasteiger partial charge in [0, 0.05) is 23.7 Å². The quantitative estimate of drug-likeness (QED) is 0.662. The van der Waals surface area contributed by atoms with E-state index < -0.39 is 12.5 Å². The molecular weight excluding hydrogens is 386 g/mol.